The number of hydrazine groups is 1. The number of nitrogens with one attached hydrogen (secondary N) is 1. The Morgan fingerprint density at radius 1 is 1.06 bits per heavy atom. The van der Waals surface area contributed by atoms with E-state index in [-0.39, 0.29) is 24.4 Å². The van der Waals surface area contributed by atoms with Crippen molar-refractivity contribution in [1.82, 2.24) is 10.4 Å². The van der Waals surface area contributed by atoms with Gasteiger partial charge in [-0.15, -0.1) is 12.4 Å². The van der Waals surface area contributed by atoms with Gasteiger partial charge in [-0.1, -0.05) is 48.2 Å². The lowest BCUT2D eigenvalue weighted by Gasteiger charge is -2.25. The smallest absolute Gasteiger partial charge is 0.281 e. The number of carbonyl (C=O) groups excluding carboxylic acids is 1. The monoisotopic (exact) mass is 496 g/mol. The van der Waals surface area contributed by atoms with E-state index in [9.17, 15) is 4.79 Å². The van der Waals surface area contributed by atoms with E-state index in [4.69, 9.17) is 33.0 Å². The highest BCUT2D eigenvalue weighted by Crippen LogP contribution is 2.40. The van der Waals surface area contributed by atoms with Crippen LogP contribution in [-0.4, -0.2) is 36.8 Å². The second-order valence-electron chi connectivity index (χ2n) is 7.82. The molecule has 2 aromatic carbocycles. The van der Waals surface area contributed by atoms with Crippen molar-refractivity contribution in [2.75, 3.05) is 25.2 Å². The molecule has 9 heteroatoms. The van der Waals surface area contributed by atoms with Crippen molar-refractivity contribution in [3.63, 3.8) is 0 Å². The van der Waals surface area contributed by atoms with Gasteiger partial charge in [0.05, 0.1) is 23.9 Å². The van der Waals surface area contributed by atoms with E-state index in [1.165, 1.54) is 12.8 Å². The molecule has 0 aliphatic carbocycles. The van der Waals surface area contributed by atoms with Crippen LogP contribution in [0.15, 0.2) is 47.6 Å². The average Bonchev–Trinajstić information content (AvgIpc) is 3.05. The Hall–Kier alpha value is -1.99. The van der Waals surface area contributed by atoms with Crippen LogP contribution in [0.5, 0.6) is 5.75 Å². The van der Waals surface area contributed by atoms with Crippen molar-refractivity contribution in [2.24, 2.45) is 5.10 Å². The zero-order valence-corrected chi connectivity index (χ0v) is 20.2. The highest BCUT2D eigenvalue weighted by atomic mass is 35.5. The van der Waals surface area contributed by atoms with Crippen LogP contribution in [0, 0.1) is 0 Å². The number of ether oxygens (including phenoxy) is 1. The molecule has 1 unspecified atom stereocenters. The molecule has 0 aromatic heterocycles. The summed E-state index contributed by atoms with van der Waals surface area (Å²) in [6.45, 7) is 1.74. The number of benzene rings is 2. The number of nitrogens with zero attached hydrogens (tertiary/aromatic N) is 3. The molecule has 0 radical (unpaired) electrons. The Balaban J connectivity index is 0.00000289. The minimum Gasteiger partial charge on any atom is -0.497 e. The summed E-state index contributed by atoms with van der Waals surface area (Å²) in [4.78, 5) is 13.0. The third-order valence-corrected chi connectivity index (χ3v) is 6.23. The minimum absolute atomic E-state index is 0. The molecule has 4 rings (SSSR count). The van der Waals surface area contributed by atoms with E-state index in [1.54, 1.807) is 19.2 Å². The normalized spacial score (nSPS) is 19.0. The van der Waals surface area contributed by atoms with Crippen LogP contribution in [0.4, 0.5) is 5.69 Å². The summed E-state index contributed by atoms with van der Waals surface area (Å²) in [6.07, 6.45) is 5.07. The average molecular weight is 498 g/mol. The first-order valence-electron chi connectivity index (χ1n) is 10.6. The molecule has 1 N–H and O–H groups in total. The molecule has 0 spiro atoms. The van der Waals surface area contributed by atoms with Gasteiger partial charge in [0.25, 0.3) is 5.91 Å². The summed E-state index contributed by atoms with van der Waals surface area (Å²) in [7, 11) is 1.64. The molecule has 32 heavy (non-hydrogen) atoms. The van der Waals surface area contributed by atoms with Crippen LogP contribution in [0.25, 0.3) is 0 Å². The highest BCUT2D eigenvalue weighted by molar-refractivity contribution is 6.40. The van der Waals surface area contributed by atoms with Crippen molar-refractivity contribution in [3.8, 4) is 5.75 Å². The minimum atomic E-state index is -0.159. The van der Waals surface area contributed by atoms with Crippen LogP contribution < -0.4 is 15.2 Å². The molecular weight excluding hydrogens is 471 g/mol. The van der Waals surface area contributed by atoms with Gasteiger partial charge in [0.1, 0.15) is 11.5 Å². The molecule has 0 bridgehead atoms. The predicted molar refractivity (Wildman–Crippen MR) is 132 cm³/mol. The number of amides is 1. The summed E-state index contributed by atoms with van der Waals surface area (Å²) in [6, 6.07) is 12.9. The third-order valence-electron chi connectivity index (χ3n) is 5.70. The van der Waals surface area contributed by atoms with E-state index in [1.807, 2.05) is 40.3 Å². The fourth-order valence-corrected chi connectivity index (χ4v) is 4.51. The second-order valence-corrected chi connectivity index (χ2v) is 8.67. The summed E-state index contributed by atoms with van der Waals surface area (Å²) in [5, 5.41) is 9.56. The van der Waals surface area contributed by atoms with Crippen molar-refractivity contribution in [3.05, 3.63) is 58.1 Å². The number of rotatable bonds is 5. The summed E-state index contributed by atoms with van der Waals surface area (Å²) >= 11 is 12.6. The summed E-state index contributed by atoms with van der Waals surface area (Å²) < 4.78 is 5.28. The van der Waals surface area contributed by atoms with Gasteiger partial charge in [0, 0.05) is 24.5 Å². The Morgan fingerprint density at radius 2 is 1.75 bits per heavy atom. The number of hydrazone groups is 1. The van der Waals surface area contributed by atoms with E-state index in [0.717, 1.165) is 37.2 Å². The van der Waals surface area contributed by atoms with Gasteiger partial charge in [-0.25, -0.2) is 5.01 Å². The topological polar surface area (TPSA) is 57.2 Å². The highest BCUT2D eigenvalue weighted by Gasteiger charge is 2.34. The zero-order chi connectivity index (χ0) is 21.8. The first-order valence-corrected chi connectivity index (χ1v) is 11.3. The van der Waals surface area contributed by atoms with Gasteiger partial charge >= 0.3 is 0 Å². The number of carbonyl (C=O) groups is 1. The van der Waals surface area contributed by atoms with E-state index in [0.29, 0.717) is 27.9 Å². The Kier molecular flexibility index (Phi) is 8.65. The molecule has 2 aliphatic heterocycles. The van der Waals surface area contributed by atoms with Crippen molar-refractivity contribution in [1.29, 1.82) is 0 Å². The van der Waals surface area contributed by atoms with E-state index < -0.39 is 0 Å². The van der Waals surface area contributed by atoms with Crippen molar-refractivity contribution < 1.29 is 9.53 Å². The number of methoxy groups -OCH3 is 1. The second kappa shape index (κ2) is 11.2. The number of halogens is 3. The third kappa shape index (κ3) is 5.67. The number of hydrogen-bond acceptors (Lipinski definition) is 5. The van der Waals surface area contributed by atoms with Crippen LogP contribution >= 0.6 is 35.6 Å². The number of anilines is 1. The lowest BCUT2D eigenvalue weighted by Crippen LogP contribution is -2.45. The Bertz CT molecular complexity index is 960. The van der Waals surface area contributed by atoms with Crippen molar-refractivity contribution in [2.45, 2.75) is 38.1 Å². The first kappa shape index (κ1) is 24.6. The van der Waals surface area contributed by atoms with Crippen molar-refractivity contribution >= 4 is 52.9 Å². The molecule has 1 fully saturated rings. The number of hydrogen-bond donors (Lipinski definition) is 1. The summed E-state index contributed by atoms with van der Waals surface area (Å²) in [5.74, 6) is 0.617. The van der Waals surface area contributed by atoms with Crippen LogP contribution in [-0.2, 0) is 4.79 Å². The van der Waals surface area contributed by atoms with Gasteiger partial charge < -0.3 is 4.74 Å². The largest absolute Gasteiger partial charge is 0.497 e. The van der Waals surface area contributed by atoms with Gasteiger partial charge in [-0.05, 0) is 48.7 Å². The fraction of sp³-hybridized carbons (Fsp3) is 0.391. The molecule has 2 aliphatic rings. The molecule has 1 saturated heterocycles. The molecule has 172 valence electrons. The molecule has 1 amide bonds. The predicted octanol–water partition coefficient (Wildman–Crippen LogP) is 5.64. The van der Waals surface area contributed by atoms with Gasteiger partial charge in [-0.2, -0.15) is 5.10 Å². The maximum atomic E-state index is 13.0. The zero-order valence-electron chi connectivity index (χ0n) is 17.9. The van der Waals surface area contributed by atoms with Gasteiger partial charge in [0.2, 0.25) is 0 Å². The van der Waals surface area contributed by atoms with Gasteiger partial charge in [0.15, 0.2) is 0 Å². The lowest BCUT2D eigenvalue weighted by molar-refractivity contribution is -0.119. The standard InChI is InChI=1S/C23H26Cl2N4O2.ClH/c1-31-18-9-6-16(7-10-18)22-15-20(23(30)27-28-12-4-2-3-5-13-28)26-29(22)21-11-8-17(24)14-19(21)25;/h6-11,14,22H,2-5,12-13,15H2,1H3,(H,27,30);1H. The Labute approximate surface area is 204 Å². The molecule has 1 atom stereocenters. The first-order chi connectivity index (χ1) is 15.0. The molecule has 6 nitrogen and oxygen atoms in total. The molecular formula is C23H27Cl3N4O2. The lowest BCUT2D eigenvalue weighted by atomic mass is 10.0. The molecule has 2 heterocycles. The maximum absolute atomic E-state index is 13.0. The van der Waals surface area contributed by atoms with Crippen LogP contribution in [0.1, 0.15) is 43.7 Å². The van der Waals surface area contributed by atoms with E-state index in [2.05, 4.69) is 5.43 Å². The SMILES string of the molecule is COc1ccc(C2CC(C(=O)NN3CCCCCC3)=NN2c2ccc(Cl)cc2Cl)cc1.Cl. The quantitative estimate of drug-likeness (QED) is 0.581. The fourth-order valence-electron chi connectivity index (χ4n) is 4.01. The van der Waals surface area contributed by atoms with E-state index >= 15 is 0 Å². The van der Waals surface area contributed by atoms with Crippen LogP contribution in [0.3, 0.4) is 0 Å². The summed E-state index contributed by atoms with van der Waals surface area (Å²) in [5.41, 5.74) is 5.27. The molecule has 0 saturated carbocycles. The maximum Gasteiger partial charge on any atom is 0.281 e. The Morgan fingerprint density at radius 3 is 2.38 bits per heavy atom. The van der Waals surface area contributed by atoms with Crippen LogP contribution in [0.2, 0.25) is 10.0 Å². The van der Waals surface area contributed by atoms with Gasteiger partial charge in [-0.3, -0.25) is 15.2 Å². The molecule has 2 aromatic rings.